The van der Waals surface area contributed by atoms with E-state index in [1.807, 2.05) is 6.92 Å². The van der Waals surface area contributed by atoms with Crippen molar-refractivity contribution in [3.8, 4) is 0 Å². The second kappa shape index (κ2) is 10.5. The Morgan fingerprint density at radius 2 is 1.55 bits per heavy atom. The number of ether oxygens (including phenoxy) is 7. The van der Waals surface area contributed by atoms with Crippen LogP contribution in [0.1, 0.15) is 66.2 Å². The van der Waals surface area contributed by atoms with Gasteiger partial charge in [0.15, 0.2) is 12.1 Å². The number of fused-ring (bicyclic) bond motifs is 4. The van der Waals surface area contributed by atoms with Crippen LogP contribution in [0.2, 0.25) is 0 Å². The molecule has 6 heterocycles. The van der Waals surface area contributed by atoms with Gasteiger partial charge in [-0.2, -0.15) is 0 Å². The van der Waals surface area contributed by atoms with Gasteiger partial charge < -0.3 is 43.4 Å². The highest BCUT2D eigenvalue weighted by Gasteiger charge is 2.60. The van der Waals surface area contributed by atoms with Gasteiger partial charge in [0, 0.05) is 24.7 Å². The minimum Gasteiger partial charge on any atom is -0.481 e. The number of carboxylic acid groups (broad SMARTS) is 1. The van der Waals surface area contributed by atoms with Gasteiger partial charge in [-0.1, -0.05) is 27.7 Å². The summed E-state index contributed by atoms with van der Waals surface area (Å²) in [7, 11) is 0. The molecule has 6 aliphatic rings. The lowest BCUT2D eigenvalue weighted by atomic mass is 9.76. The molecule has 0 saturated carbocycles. The third-order valence-electron chi connectivity index (χ3n) is 10.1. The summed E-state index contributed by atoms with van der Waals surface area (Å²) in [6, 6.07) is 0. The largest absolute Gasteiger partial charge is 0.481 e. The second-order valence-corrected chi connectivity index (χ2v) is 12.7. The Balaban J connectivity index is 1.21. The highest BCUT2D eigenvalue weighted by molar-refractivity contribution is 5.67. The Morgan fingerprint density at radius 3 is 2.26 bits per heavy atom. The quantitative estimate of drug-likeness (QED) is 0.540. The van der Waals surface area contributed by atoms with E-state index in [4.69, 9.17) is 38.3 Å². The average Bonchev–Trinajstić information content (AvgIpc) is 3.31. The predicted molar refractivity (Wildman–Crippen MR) is 132 cm³/mol. The molecule has 2 N–H and O–H groups in total. The van der Waals surface area contributed by atoms with Crippen molar-refractivity contribution in [3.05, 3.63) is 0 Å². The first kappa shape index (κ1) is 27.3. The van der Waals surface area contributed by atoms with Gasteiger partial charge in [0.25, 0.3) is 0 Å². The van der Waals surface area contributed by atoms with E-state index in [0.29, 0.717) is 13.0 Å². The van der Waals surface area contributed by atoms with Crippen LogP contribution in [0.3, 0.4) is 0 Å². The van der Waals surface area contributed by atoms with Crippen molar-refractivity contribution in [2.45, 2.75) is 133 Å². The van der Waals surface area contributed by atoms with Crippen molar-refractivity contribution in [2.75, 3.05) is 13.2 Å². The first-order valence-corrected chi connectivity index (χ1v) is 14.6. The molecule has 0 aliphatic carbocycles. The van der Waals surface area contributed by atoms with Gasteiger partial charge >= 0.3 is 5.97 Å². The minimum atomic E-state index is -0.944. The van der Waals surface area contributed by atoms with Gasteiger partial charge in [0.1, 0.15) is 12.2 Å². The maximum atomic E-state index is 11.6. The number of carboxylic acids is 1. The van der Waals surface area contributed by atoms with Crippen molar-refractivity contribution >= 4 is 5.97 Å². The highest BCUT2D eigenvalue weighted by atomic mass is 16.7. The summed E-state index contributed by atoms with van der Waals surface area (Å²) in [5, 5.41) is 20.7. The molecule has 6 aliphatic heterocycles. The summed E-state index contributed by atoms with van der Waals surface area (Å²) in [6.45, 7) is 9.53. The van der Waals surface area contributed by atoms with Gasteiger partial charge in [0.05, 0.1) is 62.4 Å². The van der Waals surface area contributed by atoms with Crippen LogP contribution in [0.15, 0.2) is 0 Å². The minimum absolute atomic E-state index is 0.135. The number of hydrogen-bond donors (Lipinski definition) is 2. The summed E-state index contributed by atoms with van der Waals surface area (Å²) in [6.07, 6.45) is 0.177. The van der Waals surface area contributed by atoms with E-state index in [2.05, 4.69) is 20.8 Å². The standard InChI is InChI=1S/C28H44O10/c1-13-8-17-19(34-21-12-32-23(11-22(29)30)35-18(21)9-13)10-20-25(36-17)15(3)24(31)27-26(37-20)14(2)16(4)28(38-27)6-5-7-33-28/h13-21,23-27,31H,5-12H2,1-4H3,(H,29,30)/t13-,14+,15+,16+,17+,18-,19-,20+,21+,23+,24+,25-,26-,27+,28-/m1/s1. The van der Waals surface area contributed by atoms with Gasteiger partial charge in [-0.25, -0.2) is 0 Å². The molecule has 0 radical (unpaired) electrons. The SMILES string of the molecule is C[C@@H]1C[C@@H]2O[C@@H]3[C@@H](C)[C@H](O)[C@@H]4O[C@]5(CCCO5)[C@@H](C)[C@H](C)[C@H]4O[C@H]3C[C@H]2O[C@H]2CO[C@H](CC(=O)O)O[C@@H]2C1. The fraction of sp³-hybridized carbons (Fsp3) is 0.964. The molecule has 0 amide bonds. The molecule has 0 aromatic rings. The maximum Gasteiger partial charge on any atom is 0.308 e. The Hall–Kier alpha value is -0.850. The van der Waals surface area contributed by atoms with Crippen molar-refractivity contribution in [2.24, 2.45) is 23.7 Å². The van der Waals surface area contributed by atoms with Crippen LogP contribution in [0.5, 0.6) is 0 Å². The molecular weight excluding hydrogens is 496 g/mol. The third kappa shape index (κ3) is 4.83. The van der Waals surface area contributed by atoms with Crippen LogP contribution in [0.25, 0.3) is 0 Å². The van der Waals surface area contributed by atoms with Crippen molar-refractivity contribution < 1.29 is 48.2 Å². The van der Waals surface area contributed by atoms with Gasteiger partial charge in [-0.3, -0.25) is 4.79 Å². The Labute approximate surface area is 224 Å². The molecule has 216 valence electrons. The van der Waals surface area contributed by atoms with Crippen molar-refractivity contribution in [1.29, 1.82) is 0 Å². The molecule has 1 spiro atoms. The molecule has 0 aromatic carbocycles. The van der Waals surface area contributed by atoms with Crippen molar-refractivity contribution in [3.63, 3.8) is 0 Å². The van der Waals surface area contributed by atoms with Crippen LogP contribution in [0.4, 0.5) is 0 Å². The normalized spacial score (nSPS) is 55.0. The van der Waals surface area contributed by atoms with Crippen LogP contribution >= 0.6 is 0 Å². The smallest absolute Gasteiger partial charge is 0.308 e. The first-order valence-electron chi connectivity index (χ1n) is 14.6. The number of rotatable bonds is 2. The molecule has 15 atom stereocenters. The van der Waals surface area contributed by atoms with E-state index in [1.165, 1.54) is 0 Å². The molecule has 10 nitrogen and oxygen atoms in total. The monoisotopic (exact) mass is 540 g/mol. The zero-order valence-corrected chi connectivity index (χ0v) is 22.9. The Bertz CT molecular complexity index is 863. The zero-order valence-electron chi connectivity index (χ0n) is 22.9. The summed E-state index contributed by atoms with van der Waals surface area (Å²) in [5.74, 6) is -1.21. The van der Waals surface area contributed by atoms with Gasteiger partial charge in [-0.05, 0) is 31.1 Å². The fourth-order valence-electron chi connectivity index (χ4n) is 7.80. The van der Waals surface area contributed by atoms with Crippen LogP contribution in [0, 0.1) is 23.7 Å². The van der Waals surface area contributed by atoms with Gasteiger partial charge in [0.2, 0.25) is 0 Å². The van der Waals surface area contributed by atoms with E-state index < -0.39 is 30.3 Å². The second-order valence-electron chi connectivity index (χ2n) is 12.7. The highest BCUT2D eigenvalue weighted by Crippen LogP contribution is 2.50. The Morgan fingerprint density at radius 1 is 0.842 bits per heavy atom. The molecular formula is C28H44O10. The number of aliphatic carboxylic acids is 1. The van der Waals surface area contributed by atoms with E-state index in [9.17, 15) is 9.90 Å². The van der Waals surface area contributed by atoms with E-state index in [1.54, 1.807) is 0 Å². The number of hydrogen-bond acceptors (Lipinski definition) is 9. The topological polar surface area (TPSA) is 122 Å². The molecule has 6 saturated heterocycles. The summed E-state index contributed by atoms with van der Waals surface area (Å²) in [5.41, 5.74) is 0. The Kier molecular flexibility index (Phi) is 7.57. The number of carbonyl (C=O) groups is 1. The van der Waals surface area contributed by atoms with E-state index in [-0.39, 0.29) is 79.4 Å². The fourth-order valence-corrected chi connectivity index (χ4v) is 7.80. The zero-order chi connectivity index (χ0) is 26.8. The lowest BCUT2D eigenvalue weighted by molar-refractivity contribution is -0.339. The third-order valence-corrected chi connectivity index (χ3v) is 10.1. The lowest BCUT2D eigenvalue weighted by Crippen LogP contribution is -2.60. The summed E-state index contributed by atoms with van der Waals surface area (Å²) in [4.78, 5) is 11.2. The van der Waals surface area contributed by atoms with E-state index >= 15 is 0 Å². The molecule has 0 unspecified atom stereocenters. The molecule has 0 bridgehead atoms. The lowest BCUT2D eigenvalue weighted by Gasteiger charge is -2.51. The predicted octanol–water partition coefficient (Wildman–Crippen LogP) is 2.49. The summed E-state index contributed by atoms with van der Waals surface area (Å²) >= 11 is 0. The molecule has 6 fully saturated rings. The molecule has 10 heteroatoms. The van der Waals surface area contributed by atoms with Crippen molar-refractivity contribution in [1.82, 2.24) is 0 Å². The molecule has 38 heavy (non-hydrogen) atoms. The van der Waals surface area contributed by atoms with Gasteiger partial charge in [-0.15, -0.1) is 0 Å². The molecule has 0 aromatic heterocycles. The van der Waals surface area contributed by atoms with Crippen LogP contribution in [-0.4, -0.2) is 96.4 Å². The van der Waals surface area contributed by atoms with Crippen LogP contribution < -0.4 is 0 Å². The maximum absolute atomic E-state index is 11.6. The molecule has 6 rings (SSSR count). The average molecular weight is 541 g/mol. The first-order chi connectivity index (χ1) is 18.1. The number of aliphatic hydroxyl groups is 1. The summed E-state index contributed by atoms with van der Waals surface area (Å²) < 4.78 is 44.7. The van der Waals surface area contributed by atoms with Crippen LogP contribution in [-0.2, 0) is 38.0 Å². The number of aliphatic hydroxyl groups excluding tert-OH is 1. The van der Waals surface area contributed by atoms with E-state index in [0.717, 1.165) is 25.7 Å².